The van der Waals surface area contributed by atoms with Crippen molar-refractivity contribution in [3.05, 3.63) is 30.1 Å². The first-order chi connectivity index (χ1) is 6.92. The first-order valence-corrected chi connectivity index (χ1v) is 5.18. The van der Waals surface area contributed by atoms with Crippen LogP contribution in [0.15, 0.2) is 24.5 Å². The second kappa shape index (κ2) is 3.29. The van der Waals surface area contributed by atoms with E-state index in [-0.39, 0.29) is 17.5 Å². The number of aromatic nitrogens is 1. The Hall–Kier alpha value is -0.930. The molecule has 82 valence electrons. The molecule has 3 heteroatoms. The van der Waals surface area contributed by atoms with Crippen LogP contribution in [0.5, 0.6) is 0 Å². The average molecular weight is 207 g/mol. The van der Waals surface area contributed by atoms with E-state index in [0.717, 1.165) is 5.56 Å². The van der Waals surface area contributed by atoms with Crippen molar-refractivity contribution in [3.63, 3.8) is 0 Å². The lowest BCUT2D eigenvalue weighted by atomic mass is 9.90. The lowest BCUT2D eigenvalue weighted by molar-refractivity contribution is -0.0897. The predicted molar refractivity (Wildman–Crippen MR) is 57.3 cm³/mol. The van der Waals surface area contributed by atoms with E-state index in [2.05, 4.69) is 4.98 Å². The third kappa shape index (κ3) is 1.77. The molecule has 3 nitrogen and oxygen atoms in total. The molecule has 1 fully saturated rings. The van der Waals surface area contributed by atoms with Gasteiger partial charge in [0.2, 0.25) is 0 Å². The van der Waals surface area contributed by atoms with Gasteiger partial charge in [-0.25, -0.2) is 0 Å². The maximum absolute atomic E-state index is 5.89. The Morgan fingerprint density at radius 2 is 1.73 bits per heavy atom. The molecule has 1 saturated heterocycles. The Morgan fingerprint density at radius 3 is 2.20 bits per heavy atom. The van der Waals surface area contributed by atoms with E-state index in [1.807, 2.05) is 39.8 Å². The summed E-state index contributed by atoms with van der Waals surface area (Å²) in [6, 6.07) is 3.86. The van der Waals surface area contributed by atoms with Gasteiger partial charge in [-0.2, -0.15) is 0 Å². The molecular weight excluding hydrogens is 190 g/mol. The topological polar surface area (TPSA) is 31.4 Å². The van der Waals surface area contributed by atoms with E-state index in [0.29, 0.717) is 0 Å². The molecule has 1 aliphatic heterocycles. The van der Waals surface area contributed by atoms with E-state index in [4.69, 9.17) is 9.47 Å². The summed E-state index contributed by atoms with van der Waals surface area (Å²) in [7, 11) is 0. The fourth-order valence-corrected chi connectivity index (χ4v) is 1.49. The molecule has 2 heterocycles. The molecule has 15 heavy (non-hydrogen) atoms. The standard InChI is InChI=1S/C12H17NO2/c1-11(2)12(3,4)15-10(14-11)9-6-5-7-13-8-9/h5-8,10H,1-4H3. The van der Waals surface area contributed by atoms with Gasteiger partial charge in [0.15, 0.2) is 6.29 Å². The Morgan fingerprint density at radius 1 is 1.13 bits per heavy atom. The maximum Gasteiger partial charge on any atom is 0.186 e. The minimum atomic E-state index is -0.302. The fraction of sp³-hybridized carbons (Fsp3) is 0.583. The second-order valence-electron chi connectivity index (χ2n) is 4.87. The molecule has 0 atom stereocenters. The number of hydrogen-bond donors (Lipinski definition) is 0. The van der Waals surface area contributed by atoms with E-state index < -0.39 is 0 Å². The molecule has 1 aromatic rings. The Balaban J connectivity index is 2.24. The van der Waals surface area contributed by atoms with Crippen molar-refractivity contribution in [2.24, 2.45) is 0 Å². The van der Waals surface area contributed by atoms with Crippen molar-refractivity contribution in [1.82, 2.24) is 4.98 Å². The van der Waals surface area contributed by atoms with Crippen LogP contribution in [0.4, 0.5) is 0 Å². The third-order valence-electron chi connectivity index (χ3n) is 3.21. The molecular formula is C12H17NO2. The molecule has 0 amide bonds. The minimum Gasteiger partial charge on any atom is -0.339 e. The Labute approximate surface area is 90.4 Å². The van der Waals surface area contributed by atoms with Crippen LogP contribution >= 0.6 is 0 Å². The molecule has 0 saturated carbocycles. The molecule has 0 aromatic carbocycles. The summed E-state index contributed by atoms with van der Waals surface area (Å²) in [6.45, 7) is 8.18. The van der Waals surface area contributed by atoms with Crippen LogP contribution in [0.1, 0.15) is 39.5 Å². The van der Waals surface area contributed by atoms with Crippen LogP contribution in [0.3, 0.4) is 0 Å². The molecule has 0 bridgehead atoms. The maximum atomic E-state index is 5.89. The van der Waals surface area contributed by atoms with Gasteiger partial charge in [0, 0.05) is 18.0 Å². The number of hydrogen-bond acceptors (Lipinski definition) is 3. The van der Waals surface area contributed by atoms with Crippen LogP contribution in [0, 0.1) is 0 Å². The molecule has 0 aliphatic carbocycles. The van der Waals surface area contributed by atoms with Crippen LogP contribution in [-0.4, -0.2) is 16.2 Å². The highest BCUT2D eigenvalue weighted by molar-refractivity contribution is 5.13. The Kier molecular flexibility index (Phi) is 2.32. The molecule has 2 rings (SSSR count). The number of ether oxygens (including phenoxy) is 2. The first kappa shape index (κ1) is 10.6. The van der Waals surface area contributed by atoms with Crippen molar-refractivity contribution in [2.45, 2.75) is 45.2 Å². The zero-order valence-electron chi connectivity index (χ0n) is 9.65. The fourth-order valence-electron chi connectivity index (χ4n) is 1.49. The number of rotatable bonds is 1. The van der Waals surface area contributed by atoms with Gasteiger partial charge in [0.1, 0.15) is 0 Å². The zero-order valence-corrected chi connectivity index (χ0v) is 9.65. The van der Waals surface area contributed by atoms with Gasteiger partial charge in [-0.05, 0) is 33.8 Å². The van der Waals surface area contributed by atoms with Crippen molar-refractivity contribution in [2.75, 3.05) is 0 Å². The van der Waals surface area contributed by atoms with Gasteiger partial charge < -0.3 is 9.47 Å². The first-order valence-electron chi connectivity index (χ1n) is 5.18. The average Bonchev–Trinajstić information content (AvgIpc) is 2.38. The van der Waals surface area contributed by atoms with E-state index in [1.54, 1.807) is 12.4 Å². The van der Waals surface area contributed by atoms with Gasteiger partial charge in [0.25, 0.3) is 0 Å². The van der Waals surface area contributed by atoms with Crippen molar-refractivity contribution in [3.8, 4) is 0 Å². The Bertz CT molecular complexity index is 330. The van der Waals surface area contributed by atoms with E-state index in [1.165, 1.54) is 0 Å². The summed E-state index contributed by atoms with van der Waals surface area (Å²) in [4.78, 5) is 4.06. The summed E-state index contributed by atoms with van der Waals surface area (Å²) >= 11 is 0. The molecule has 1 aromatic heterocycles. The van der Waals surface area contributed by atoms with Gasteiger partial charge >= 0.3 is 0 Å². The summed E-state index contributed by atoms with van der Waals surface area (Å²) < 4.78 is 11.8. The lowest BCUT2D eigenvalue weighted by Crippen LogP contribution is -2.41. The molecule has 0 N–H and O–H groups in total. The van der Waals surface area contributed by atoms with Gasteiger partial charge in [0.05, 0.1) is 11.2 Å². The highest BCUT2D eigenvalue weighted by atomic mass is 16.7. The highest BCUT2D eigenvalue weighted by Gasteiger charge is 2.49. The summed E-state index contributed by atoms with van der Waals surface area (Å²) in [5, 5.41) is 0. The summed E-state index contributed by atoms with van der Waals surface area (Å²) in [5.74, 6) is 0. The molecule has 1 aliphatic rings. The highest BCUT2D eigenvalue weighted by Crippen LogP contribution is 2.44. The van der Waals surface area contributed by atoms with E-state index >= 15 is 0 Å². The lowest BCUT2D eigenvalue weighted by Gasteiger charge is -2.30. The van der Waals surface area contributed by atoms with Crippen LogP contribution in [0.25, 0.3) is 0 Å². The number of pyridine rings is 1. The van der Waals surface area contributed by atoms with Crippen molar-refractivity contribution >= 4 is 0 Å². The zero-order chi connectivity index (χ0) is 11.1. The largest absolute Gasteiger partial charge is 0.339 e. The van der Waals surface area contributed by atoms with Gasteiger partial charge in [-0.15, -0.1) is 0 Å². The monoisotopic (exact) mass is 207 g/mol. The summed E-state index contributed by atoms with van der Waals surface area (Å²) in [6.07, 6.45) is 3.22. The van der Waals surface area contributed by atoms with Gasteiger partial charge in [-0.3, -0.25) is 4.98 Å². The van der Waals surface area contributed by atoms with Crippen LogP contribution < -0.4 is 0 Å². The van der Waals surface area contributed by atoms with Crippen molar-refractivity contribution < 1.29 is 9.47 Å². The van der Waals surface area contributed by atoms with Gasteiger partial charge in [-0.1, -0.05) is 6.07 Å². The molecule has 0 spiro atoms. The van der Waals surface area contributed by atoms with Crippen LogP contribution in [-0.2, 0) is 9.47 Å². The minimum absolute atomic E-state index is 0.284. The SMILES string of the molecule is CC1(C)OC(c2cccnc2)OC1(C)C. The third-order valence-corrected chi connectivity index (χ3v) is 3.21. The normalized spacial score (nSPS) is 24.3. The van der Waals surface area contributed by atoms with E-state index in [9.17, 15) is 0 Å². The summed E-state index contributed by atoms with van der Waals surface area (Å²) in [5.41, 5.74) is 0.400. The molecule has 0 unspecified atom stereocenters. The van der Waals surface area contributed by atoms with Crippen LogP contribution in [0.2, 0.25) is 0 Å². The smallest absolute Gasteiger partial charge is 0.186 e. The quantitative estimate of drug-likeness (QED) is 0.709. The second-order valence-corrected chi connectivity index (χ2v) is 4.87. The molecule has 0 radical (unpaired) electrons. The van der Waals surface area contributed by atoms with Crippen molar-refractivity contribution in [1.29, 1.82) is 0 Å². The predicted octanol–water partition coefficient (Wildman–Crippen LogP) is 2.68. The number of nitrogens with zero attached hydrogens (tertiary/aromatic N) is 1.